The normalized spacial score (nSPS) is 14.3. The monoisotopic (exact) mass is 564 g/mol. The average molecular weight is 565 g/mol. The number of hydrogen-bond donors (Lipinski definition) is 9. The van der Waals surface area contributed by atoms with Crippen LogP contribution in [0.1, 0.15) is 13.8 Å². The number of aliphatic hydroxyl groups excluding tert-OH is 2. The van der Waals surface area contributed by atoms with Gasteiger partial charge in [0.05, 0.1) is 12.6 Å². The Morgan fingerprint density at radius 3 is 1.49 bits per heavy atom. The number of nitrogens with zero attached hydrogens (tertiary/aromatic N) is 3. The van der Waals surface area contributed by atoms with Crippen molar-refractivity contribution in [2.45, 2.75) is 32.2 Å². The maximum Gasteiger partial charge on any atom is 0.320 e. The largest absolute Gasteiger partial charge is 0.459 e. The second-order valence-corrected chi connectivity index (χ2v) is 9.78. The molecular weight excluding hydrogens is 504 g/mol. The lowest BCUT2D eigenvalue weighted by atomic mass is 10.1. The first-order valence-electron chi connectivity index (χ1n) is 14.4. The third-order valence-electron chi connectivity index (χ3n) is 6.37. The number of carbonyl (C=O) groups is 1. The van der Waals surface area contributed by atoms with Crippen molar-refractivity contribution in [1.82, 2.24) is 30.7 Å². The van der Waals surface area contributed by atoms with Crippen LogP contribution in [-0.2, 0) is 9.53 Å². The molecule has 14 nitrogen and oxygen atoms in total. The molecule has 0 saturated heterocycles. The molecule has 0 aliphatic heterocycles. The summed E-state index contributed by atoms with van der Waals surface area (Å²) in [5.74, 6) is -0.466. The summed E-state index contributed by atoms with van der Waals surface area (Å²) in [5.41, 5.74) is 22.9. The Morgan fingerprint density at radius 1 is 0.641 bits per heavy atom. The van der Waals surface area contributed by atoms with Crippen LogP contribution in [0.2, 0.25) is 0 Å². The molecular formula is C25H60N10O4. The molecule has 0 spiro atoms. The molecule has 0 radical (unpaired) electrons. The van der Waals surface area contributed by atoms with Crippen LogP contribution in [0, 0.1) is 0 Å². The van der Waals surface area contributed by atoms with Crippen LogP contribution in [0.4, 0.5) is 0 Å². The zero-order valence-corrected chi connectivity index (χ0v) is 24.5. The Hall–Kier alpha value is -1.01. The van der Waals surface area contributed by atoms with Gasteiger partial charge in [-0.05, 0) is 13.8 Å². The van der Waals surface area contributed by atoms with Crippen LogP contribution in [0.15, 0.2) is 0 Å². The summed E-state index contributed by atoms with van der Waals surface area (Å²) in [7, 11) is 0. The fourth-order valence-electron chi connectivity index (χ4n) is 4.04. The van der Waals surface area contributed by atoms with Gasteiger partial charge in [-0.1, -0.05) is 0 Å². The van der Waals surface area contributed by atoms with E-state index < -0.39 is 24.3 Å². The minimum Gasteiger partial charge on any atom is -0.459 e. The van der Waals surface area contributed by atoms with Gasteiger partial charge in [0.25, 0.3) is 0 Å². The van der Waals surface area contributed by atoms with Crippen LogP contribution in [-0.4, -0.2) is 174 Å². The second-order valence-electron chi connectivity index (χ2n) is 9.78. The summed E-state index contributed by atoms with van der Waals surface area (Å²) in [6, 6.07) is 0. The quantitative estimate of drug-likeness (QED) is 0.0322. The standard InChI is InChI=1S/C25H60N10O4/c1-22(36)25(38)23(2)39-24(37)21-32-11-18-34(14-6-29)15-9-31-10-17-35(16-8-30-7-3-26)20-19-33(12-4-27)13-5-28/h22-23,25,30-32,36,38H,3-21,26-29H2,1-2H3/t22-,23-,25+/m0/s1. The molecule has 3 atom stereocenters. The Labute approximate surface area is 236 Å². The number of nitrogens with one attached hydrogen (secondary N) is 3. The van der Waals surface area contributed by atoms with E-state index in [0.717, 1.165) is 85.1 Å². The van der Waals surface area contributed by atoms with Gasteiger partial charge in [-0.2, -0.15) is 0 Å². The number of nitrogens with two attached hydrogens (primary N) is 4. The van der Waals surface area contributed by atoms with E-state index in [1.165, 1.54) is 6.92 Å². The Bertz CT molecular complexity index is 559. The number of esters is 1. The minimum absolute atomic E-state index is 0.0372. The molecule has 14 heteroatoms. The molecule has 0 amide bonds. The van der Waals surface area contributed by atoms with Crippen molar-refractivity contribution in [2.24, 2.45) is 22.9 Å². The van der Waals surface area contributed by atoms with Crippen molar-refractivity contribution in [2.75, 3.05) is 124 Å². The Morgan fingerprint density at radius 2 is 1.05 bits per heavy atom. The molecule has 0 aliphatic carbocycles. The van der Waals surface area contributed by atoms with Crippen molar-refractivity contribution >= 4 is 5.97 Å². The molecule has 234 valence electrons. The molecule has 0 fully saturated rings. The van der Waals surface area contributed by atoms with Crippen LogP contribution in [0.3, 0.4) is 0 Å². The fraction of sp³-hybridized carbons (Fsp3) is 0.960. The summed E-state index contributed by atoms with van der Waals surface area (Å²) in [4.78, 5) is 18.9. The Kier molecular flexibility index (Phi) is 25.3. The topological polar surface area (TPSA) is 217 Å². The first-order valence-corrected chi connectivity index (χ1v) is 14.4. The fourth-order valence-corrected chi connectivity index (χ4v) is 4.04. The van der Waals surface area contributed by atoms with E-state index in [2.05, 4.69) is 30.7 Å². The summed E-state index contributed by atoms with van der Waals surface area (Å²) >= 11 is 0. The van der Waals surface area contributed by atoms with Gasteiger partial charge in [0.15, 0.2) is 0 Å². The molecule has 13 N–H and O–H groups in total. The second kappa shape index (κ2) is 25.9. The van der Waals surface area contributed by atoms with Crippen molar-refractivity contribution in [3.05, 3.63) is 0 Å². The average Bonchev–Trinajstić information content (AvgIpc) is 2.90. The molecule has 0 rings (SSSR count). The molecule has 0 heterocycles. The molecule has 0 bridgehead atoms. The highest BCUT2D eigenvalue weighted by Crippen LogP contribution is 2.03. The lowest BCUT2D eigenvalue weighted by molar-refractivity contribution is -0.156. The lowest BCUT2D eigenvalue weighted by Gasteiger charge is -2.28. The molecule has 39 heavy (non-hydrogen) atoms. The van der Waals surface area contributed by atoms with Gasteiger partial charge in [-0.15, -0.1) is 0 Å². The van der Waals surface area contributed by atoms with Crippen molar-refractivity contribution in [3.8, 4) is 0 Å². The van der Waals surface area contributed by atoms with E-state index in [1.54, 1.807) is 6.92 Å². The third kappa shape index (κ3) is 21.4. The van der Waals surface area contributed by atoms with E-state index in [9.17, 15) is 15.0 Å². The maximum atomic E-state index is 11.9. The summed E-state index contributed by atoms with van der Waals surface area (Å²) in [5, 5.41) is 29.1. The first kappa shape index (κ1) is 38.0. The van der Waals surface area contributed by atoms with Crippen molar-refractivity contribution < 1.29 is 19.7 Å². The third-order valence-corrected chi connectivity index (χ3v) is 6.37. The van der Waals surface area contributed by atoms with E-state index in [1.807, 2.05) is 0 Å². The van der Waals surface area contributed by atoms with Gasteiger partial charge in [-0.3, -0.25) is 19.5 Å². The highest BCUT2D eigenvalue weighted by Gasteiger charge is 2.22. The van der Waals surface area contributed by atoms with E-state index in [4.69, 9.17) is 27.7 Å². The van der Waals surface area contributed by atoms with Crippen molar-refractivity contribution in [3.63, 3.8) is 0 Å². The van der Waals surface area contributed by atoms with Gasteiger partial charge in [0.1, 0.15) is 12.2 Å². The summed E-state index contributed by atoms with van der Waals surface area (Å²) < 4.78 is 5.15. The highest BCUT2D eigenvalue weighted by atomic mass is 16.6. The summed E-state index contributed by atoms with van der Waals surface area (Å²) in [6.45, 7) is 17.4. The Balaban J connectivity index is 4.34. The summed E-state index contributed by atoms with van der Waals surface area (Å²) in [6.07, 6.45) is -2.84. The molecule has 0 aromatic rings. The molecule has 0 unspecified atom stereocenters. The molecule has 0 aromatic carbocycles. The number of rotatable bonds is 28. The zero-order valence-electron chi connectivity index (χ0n) is 24.5. The van der Waals surface area contributed by atoms with Crippen LogP contribution in [0.5, 0.6) is 0 Å². The van der Waals surface area contributed by atoms with E-state index >= 15 is 0 Å². The van der Waals surface area contributed by atoms with E-state index in [-0.39, 0.29) is 6.54 Å². The highest BCUT2D eigenvalue weighted by molar-refractivity contribution is 5.71. The number of ether oxygens (including phenoxy) is 1. The maximum absolute atomic E-state index is 11.9. The molecule has 0 saturated carbocycles. The number of carbonyl (C=O) groups excluding carboxylic acids is 1. The first-order chi connectivity index (χ1) is 18.8. The van der Waals surface area contributed by atoms with Gasteiger partial charge in [0.2, 0.25) is 0 Å². The molecule has 0 aromatic heterocycles. The van der Waals surface area contributed by atoms with Crippen LogP contribution < -0.4 is 38.9 Å². The van der Waals surface area contributed by atoms with Crippen LogP contribution >= 0.6 is 0 Å². The smallest absolute Gasteiger partial charge is 0.320 e. The van der Waals surface area contributed by atoms with Crippen LogP contribution in [0.25, 0.3) is 0 Å². The SMILES string of the molecule is C[C@H](O)[C@@H](O)[C@H](C)OC(=O)CNCCN(CCN)CCNCCN(CCNCCN)CCN(CCN)CCN. The zero-order chi connectivity index (χ0) is 29.3. The predicted molar refractivity (Wildman–Crippen MR) is 157 cm³/mol. The van der Waals surface area contributed by atoms with Crippen molar-refractivity contribution in [1.29, 1.82) is 0 Å². The minimum atomic E-state index is -1.11. The van der Waals surface area contributed by atoms with Gasteiger partial charge in [-0.25, -0.2) is 0 Å². The lowest BCUT2D eigenvalue weighted by Crippen LogP contribution is -2.45. The number of hydrogen-bond acceptors (Lipinski definition) is 14. The van der Waals surface area contributed by atoms with E-state index in [0.29, 0.717) is 32.7 Å². The molecule has 0 aliphatic rings. The van der Waals surface area contributed by atoms with Gasteiger partial charge in [0, 0.05) is 118 Å². The van der Waals surface area contributed by atoms with Gasteiger partial charge >= 0.3 is 5.97 Å². The number of aliphatic hydroxyl groups is 2. The van der Waals surface area contributed by atoms with Gasteiger partial charge < -0.3 is 53.8 Å². The predicted octanol–water partition coefficient (Wildman–Crippen LogP) is -4.83.